The van der Waals surface area contributed by atoms with Crippen LogP contribution in [-0.2, 0) is 14.8 Å². The van der Waals surface area contributed by atoms with Crippen LogP contribution in [0.3, 0.4) is 0 Å². The second-order valence-corrected chi connectivity index (χ2v) is 6.97. The second kappa shape index (κ2) is 5.92. The van der Waals surface area contributed by atoms with Crippen molar-refractivity contribution >= 4 is 32.6 Å². The predicted octanol–water partition coefficient (Wildman–Crippen LogP) is 2.61. The zero-order chi connectivity index (χ0) is 14.8. The molecule has 0 N–H and O–H groups in total. The monoisotopic (exact) mass is 303 g/mol. The number of benzene rings is 1. The van der Waals surface area contributed by atoms with Crippen molar-refractivity contribution in [1.82, 2.24) is 0 Å². The number of carbonyl (C=O) groups is 1. The minimum absolute atomic E-state index is 0.0885. The predicted molar refractivity (Wildman–Crippen MR) is 78.2 cm³/mol. The number of carbonyl (C=O) groups excluding carboxylic acids is 1. The molecule has 0 aromatic heterocycles. The van der Waals surface area contributed by atoms with E-state index in [-0.39, 0.29) is 5.75 Å². The smallest absolute Gasteiger partial charge is 0.245 e. The zero-order valence-corrected chi connectivity index (χ0v) is 13.0. The van der Waals surface area contributed by atoms with Gasteiger partial charge >= 0.3 is 0 Å². The Morgan fingerprint density at radius 1 is 1.37 bits per heavy atom. The minimum atomic E-state index is -3.56. The number of hydrogen-bond acceptors (Lipinski definition) is 3. The molecule has 0 aliphatic heterocycles. The van der Waals surface area contributed by atoms with Crippen LogP contribution >= 0.6 is 11.6 Å². The number of nitrogens with zero attached hydrogens (tertiary/aromatic N) is 1. The Hall–Kier alpha value is -1.07. The Balaban J connectivity index is 3.44. The summed E-state index contributed by atoms with van der Waals surface area (Å²) in [7, 11) is -3.56. The molecular formula is C13H18ClNO3S. The molecule has 0 aliphatic rings. The van der Waals surface area contributed by atoms with Gasteiger partial charge in [-0.25, -0.2) is 8.42 Å². The molecule has 106 valence electrons. The number of halogens is 1. The van der Waals surface area contributed by atoms with Gasteiger partial charge in [-0.3, -0.25) is 9.10 Å². The lowest BCUT2D eigenvalue weighted by Gasteiger charge is -2.29. The molecule has 1 rings (SSSR count). The van der Waals surface area contributed by atoms with Crippen molar-refractivity contribution in [3.05, 3.63) is 29.3 Å². The molecule has 0 heterocycles. The highest BCUT2D eigenvalue weighted by atomic mass is 35.5. The van der Waals surface area contributed by atoms with Crippen molar-refractivity contribution in [3.63, 3.8) is 0 Å². The van der Waals surface area contributed by atoms with Gasteiger partial charge in [0, 0.05) is 0 Å². The molecule has 19 heavy (non-hydrogen) atoms. The Labute approximate surface area is 119 Å². The summed E-state index contributed by atoms with van der Waals surface area (Å²) in [4.78, 5) is 11.4. The Morgan fingerprint density at radius 3 is 2.37 bits per heavy atom. The van der Waals surface area contributed by atoms with Gasteiger partial charge in [-0.2, -0.15) is 0 Å². The fourth-order valence-electron chi connectivity index (χ4n) is 1.88. The van der Waals surface area contributed by atoms with E-state index in [1.54, 1.807) is 6.07 Å². The molecule has 1 aromatic carbocycles. The van der Waals surface area contributed by atoms with Gasteiger partial charge in [-0.15, -0.1) is 0 Å². The Kier molecular flexibility index (Phi) is 4.98. The first kappa shape index (κ1) is 16.0. The summed E-state index contributed by atoms with van der Waals surface area (Å²) in [5, 5.41) is -0.697. The fraction of sp³-hybridized carbons (Fsp3) is 0.462. The summed E-state index contributed by atoms with van der Waals surface area (Å²) in [6.07, 6.45) is 0. The summed E-state index contributed by atoms with van der Waals surface area (Å²) in [5.74, 6) is -0.0885. The summed E-state index contributed by atoms with van der Waals surface area (Å²) in [6.45, 7) is 6.76. The van der Waals surface area contributed by atoms with E-state index in [4.69, 9.17) is 11.6 Å². The van der Waals surface area contributed by atoms with Crippen LogP contribution < -0.4 is 4.31 Å². The van der Waals surface area contributed by atoms with Crippen LogP contribution in [0.4, 0.5) is 5.69 Å². The lowest BCUT2D eigenvalue weighted by Crippen LogP contribution is -2.43. The van der Waals surface area contributed by atoms with Gasteiger partial charge in [-0.05, 0) is 50.9 Å². The van der Waals surface area contributed by atoms with Gasteiger partial charge in [0.2, 0.25) is 15.3 Å². The Morgan fingerprint density at radius 2 is 1.95 bits per heavy atom. The van der Waals surface area contributed by atoms with Crippen molar-refractivity contribution in [2.75, 3.05) is 10.1 Å². The lowest BCUT2D eigenvalue weighted by atomic mass is 10.1. The minimum Gasteiger partial charge on any atom is -0.279 e. The average Bonchev–Trinajstić information content (AvgIpc) is 2.31. The van der Waals surface area contributed by atoms with Crippen LogP contribution in [0.25, 0.3) is 0 Å². The van der Waals surface area contributed by atoms with Crippen molar-refractivity contribution in [2.45, 2.75) is 33.7 Å². The SMILES string of the molecule is CCS(=O)(=O)N(c1ccc(C)cc1C)C(C)C(=O)Cl. The van der Waals surface area contributed by atoms with E-state index in [9.17, 15) is 13.2 Å². The fourth-order valence-corrected chi connectivity index (χ4v) is 3.40. The van der Waals surface area contributed by atoms with E-state index >= 15 is 0 Å². The van der Waals surface area contributed by atoms with Gasteiger partial charge in [0.15, 0.2) is 0 Å². The first-order valence-corrected chi connectivity index (χ1v) is 7.98. The molecule has 1 unspecified atom stereocenters. The molecule has 0 aliphatic carbocycles. The van der Waals surface area contributed by atoms with E-state index < -0.39 is 21.3 Å². The molecule has 4 nitrogen and oxygen atoms in total. The van der Waals surface area contributed by atoms with Gasteiger partial charge in [0.25, 0.3) is 0 Å². The number of hydrogen-bond donors (Lipinski definition) is 0. The van der Waals surface area contributed by atoms with Crippen molar-refractivity contribution < 1.29 is 13.2 Å². The van der Waals surface area contributed by atoms with E-state index in [2.05, 4.69) is 0 Å². The van der Waals surface area contributed by atoms with Crippen LogP contribution in [-0.4, -0.2) is 25.5 Å². The van der Waals surface area contributed by atoms with Crippen LogP contribution in [0.15, 0.2) is 18.2 Å². The van der Waals surface area contributed by atoms with Crippen LogP contribution in [0.2, 0.25) is 0 Å². The number of aryl methyl sites for hydroxylation is 2. The molecule has 0 fully saturated rings. The molecule has 1 aromatic rings. The normalized spacial score (nSPS) is 13.1. The standard InChI is InChI=1S/C13H18ClNO3S/c1-5-19(17,18)15(11(4)13(14)16)12-7-6-9(2)8-10(12)3/h6-8,11H,5H2,1-4H3. The van der Waals surface area contributed by atoms with E-state index in [0.717, 1.165) is 15.4 Å². The van der Waals surface area contributed by atoms with Gasteiger partial charge in [0.1, 0.15) is 6.04 Å². The summed E-state index contributed by atoms with van der Waals surface area (Å²) in [6, 6.07) is 4.46. The molecule has 0 saturated heterocycles. The van der Waals surface area contributed by atoms with Crippen LogP contribution in [0, 0.1) is 13.8 Å². The maximum Gasteiger partial charge on any atom is 0.245 e. The molecule has 0 radical (unpaired) electrons. The summed E-state index contributed by atoms with van der Waals surface area (Å²) < 4.78 is 25.5. The van der Waals surface area contributed by atoms with Crippen LogP contribution in [0.5, 0.6) is 0 Å². The highest BCUT2D eigenvalue weighted by Gasteiger charge is 2.30. The van der Waals surface area contributed by atoms with Gasteiger partial charge < -0.3 is 0 Å². The third-order valence-corrected chi connectivity index (χ3v) is 5.09. The highest BCUT2D eigenvalue weighted by Crippen LogP contribution is 2.27. The van der Waals surface area contributed by atoms with Gasteiger partial charge in [-0.1, -0.05) is 17.7 Å². The zero-order valence-electron chi connectivity index (χ0n) is 11.5. The highest BCUT2D eigenvalue weighted by molar-refractivity contribution is 7.92. The molecule has 1 atom stereocenters. The maximum absolute atomic E-state index is 12.2. The largest absolute Gasteiger partial charge is 0.279 e. The van der Waals surface area contributed by atoms with E-state index in [0.29, 0.717) is 5.69 Å². The molecule has 0 bridgehead atoms. The molecule has 0 spiro atoms. The third-order valence-electron chi connectivity index (χ3n) is 2.93. The first-order chi connectivity index (χ1) is 8.70. The summed E-state index contributed by atoms with van der Waals surface area (Å²) >= 11 is 5.47. The number of sulfonamides is 1. The summed E-state index contributed by atoms with van der Waals surface area (Å²) in [5.41, 5.74) is 2.32. The number of rotatable bonds is 5. The van der Waals surface area contributed by atoms with Crippen molar-refractivity contribution in [2.24, 2.45) is 0 Å². The van der Waals surface area contributed by atoms with E-state index in [1.165, 1.54) is 13.8 Å². The molecule has 0 saturated carbocycles. The van der Waals surface area contributed by atoms with Crippen molar-refractivity contribution in [1.29, 1.82) is 0 Å². The first-order valence-electron chi connectivity index (χ1n) is 5.99. The maximum atomic E-state index is 12.2. The molecular weight excluding hydrogens is 286 g/mol. The Bertz CT molecular complexity index is 584. The van der Waals surface area contributed by atoms with E-state index in [1.807, 2.05) is 26.0 Å². The number of anilines is 1. The molecule has 6 heteroatoms. The van der Waals surface area contributed by atoms with Crippen molar-refractivity contribution in [3.8, 4) is 0 Å². The lowest BCUT2D eigenvalue weighted by molar-refractivity contribution is -0.112. The third kappa shape index (κ3) is 3.48. The molecule has 0 amide bonds. The van der Waals surface area contributed by atoms with Gasteiger partial charge in [0.05, 0.1) is 11.4 Å². The topological polar surface area (TPSA) is 54.5 Å². The average molecular weight is 304 g/mol. The van der Waals surface area contributed by atoms with Crippen LogP contribution in [0.1, 0.15) is 25.0 Å². The second-order valence-electron chi connectivity index (χ2n) is 4.47. The quantitative estimate of drug-likeness (QED) is 0.786.